The van der Waals surface area contributed by atoms with E-state index in [1.54, 1.807) is 38.1 Å². The number of hydrogen-bond acceptors (Lipinski definition) is 3. The summed E-state index contributed by atoms with van der Waals surface area (Å²) < 4.78 is 29.2. The molecule has 0 aliphatic carbocycles. The minimum Gasteiger partial charge on any atom is -0.327 e. The van der Waals surface area contributed by atoms with Gasteiger partial charge in [-0.2, -0.15) is 5.10 Å². The number of halogens is 2. The minimum absolute atomic E-state index is 0.100. The van der Waals surface area contributed by atoms with Crippen molar-refractivity contribution in [1.29, 1.82) is 0 Å². The van der Waals surface area contributed by atoms with Crippen molar-refractivity contribution in [1.82, 2.24) is 14.7 Å². The fourth-order valence-electron chi connectivity index (χ4n) is 3.61. The maximum absolute atomic E-state index is 14.2. The Labute approximate surface area is 201 Å². The summed E-state index contributed by atoms with van der Waals surface area (Å²) >= 11 is 0. The van der Waals surface area contributed by atoms with Crippen LogP contribution in [0, 0.1) is 11.6 Å². The molecule has 0 saturated heterocycles. The van der Waals surface area contributed by atoms with Crippen LogP contribution in [-0.4, -0.2) is 39.1 Å². The van der Waals surface area contributed by atoms with E-state index in [0.717, 1.165) is 5.56 Å². The van der Waals surface area contributed by atoms with E-state index in [2.05, 4.69) is 10.4 Å². The van der Waals surface area contributed by atoms with E-state index in [9.17, 15) is 18.4 Å². The van der Waals surface area contributed by atoms with E-state index in [1.165, 1.54) is 39.9 Å². The van der Waals surface area contributed by atoms with Crippen molar-refractivity contribution in [2.75, 3.05) is 11.9 Å². The molecule has 3 aromatic carbocycles. The average molecular weight is 475 g/mol. The lowest BCUT2D eigenvalue weighted by Gasteiger charge is -2.26. The molecule has 1 aromatic heterocycles. The number of rotatable bonds is 7. The molecule has 0 radical (unpaired) electrons. The Kier molecular flexibility index (Phi) is 7.01. The van der Waals surface area contributed by atoms with Gasteiger partial charge < -0.3 is 10.2 Å². The first-order valence-corrected chi connectivity index (χ1v) is 11.1. The molecule has 0 bridgehead atoms. The van der Waals surface area contributed by atoms with E-state index >= 15 is 0 Å². The number of hydrogen-bond donors (Lipinski definition) is 1. The maximum atomic E-state index is 14.2. The lowest BCUT2D eigenvalue weighted by molar-refractivity contribution is -0.117. The number of carbonyl (C=O) groups excluding carboxylic acids is 2. The van der Waals surface area contributed by atoms with Crippen LogP contribution in [-0.2, 0) is 4.79 Å². The lowest BCUT2D eigenvalue weighted by atomic mass is 10.1. The SMILES string of the molecule is CC(C)N(CC(=O)Nc1cc(-c2ccccc2)nn1-c1ccc(F)cc1)C(=O)c1ccccc1F. The van der Waals surface area contributed by atoms with E-state index in [4.69, 9.17) is 0 Å². The number of carbonyl (C=O) groups is 2. The summed E-state index contributed by atoms with van der Waals surface area (Å²) in [4.78, 5) is 27.3. The van der Waals surface area contributed by atoms with Crippen molar-refractivity contribution in [2.45, 2.75) is 19.9 Å². The number of nitrogens with one attached hydrogen (secondary N) is 1. The number of nitrogens with zero attached hydrogens (tertiary/aromatic N) is 3. The highest BCUT2D eigenvalue weighted by atomic mass is 19.1. The Morgan fingerprint density at radius 2 is 1.60 bits per heavy atom. The Morgan fingerprint density at radius 3 is 2.26 bits per heavy atom. The van der Waals surface area contributed by atoms with Crippen LogP contribution in [0.3, 0.4) is 0 Å². The zero-order valence-corrected chi connectivity index (χ0v) is 19.3. The molecule has 4 rings (SSSR count). The van der Waals surface area contributed by atoms with Crippen LogP contribution in [0.1, 0.15) is 24.2 Å². The molecule has 0 saturated carbocycles. The zero-order valence-electron chi connectivity index (χ0n) is 19.3. The highest BCUT2D eigenvalue weighted by molar-refractivity contribution is 5.99. The predicted octanol–water partition coefficient (Wildman–Crippen LogP) is 5.31. The molecule has 178 valence electrons. The highest BCUT2D eigenvalue weighted by Gasteiger charge is 2.24. The number of aromatic nitrogens is 2. The molecular weight excluding hydrogens is 450 g/mol. The van der Waals surface area contributed by atoms with Crippen molar-refractivity contribution < 1.29 is 18.4 Å². The molecule has 2 amide bonds. The topological polar surface area (TPSA) is 67.2 Å². The predicted molar refractivity (Wildman–Crippen MR) is 130 cm³/mol. The second-order valence-corrected chi connectivity index (χ2v) is 8.22. The molecule has 8 heteroatoms. The first-order valence-electron chi connectivity index (χ1n) is 11.1. The van der Waals surface area contributed by atoms with Gasteiger partial charge in [0, 0.05) is 17.7 Å². The molecule has 0 aliphatic heterocycles. The van der Waals surface area contributed by atoms with Crippen molar-refractivity contribution in [2.24, 2.45) is 0 Å². The Balaban J connectivity index is 1.62. The third-order valence-electron chi connectivity index (χ3n) is 5.42. The van der Waals surface area contributed by atoms with Gasteiger partial charge in [-0.05, 0) is 50.2 Å². The molecule has 0 atom stereocenters. The summed E-state index contributed by atoms with van der Waals surface area (Å²) in [5.41, 5.74) is 1.89. The molecule has 0 aliphatic rings. The van der Waals surface area contributed by atoms with Crippen molar-refractivity contribution in [3.63, 3.8) is 0 Å². The minimum atomic E-state index is -0.648. The van der Waals surface area contributed by atoms with E-state index in [1.807, 2.05) is 30.3 Å². The van der Waals surface area contributed by atoms with Gasteiger partial charge >= 0.3 is 0 Å². The van der Waals surface area contributed by atoms with Crippen LogP contribution in [0.5, 0.6) is 0 Å². The summed E-state index contributed by atoms with van der Waals surface area (Å²) in [6.07, 6.45) is 0. The quantitative estimate of drug-likeness (QED) is 0.395. The van der Waals surface area contributed by atoms with Gasteiger partial charge in [0.25, 0.3) is 5.91 Å². The fraction of sp³-hybridized carbons (Fsp3) is 0.148. The summed E-state index contributed by atoms with van der Waals surface area (Å²) in [6, 6.07) is 22.1. The van der Waals surface area contributed by atoms with Crippen molar-refractivity contribution in [3.05, 3.63) is 102 Å². The molecule has 6 nitrogen and oxygen atoms in total. The Hall–Kier alpha value is -4.33. The largest absolute Gasteiger partial charge is 0.327 e. The van der Waals surface area contributed by atoms with Gasteiger partial charge in [0.05, 0.1) is 16.9 Å². The molecule has 1 N–H and O–H groups in total. The standard InChI is InChI=1S/C27H24F2N4O2/c1-18(2)32(27(35)22-10-6-7-11-23(22)29)17-26(34)30-25-16-24(19-8-4-3-5-9-19)31-33(25)21-14-12-20(28)13-15-21/h3-16,18H,17H2,1-2H3,(H,30,34). The van der Waals surface area contributed by atoms with Gasteiger partial charge in [-0.25, -0.2) is 13.5 Å². The molecule has 0 spiro atoms. The summed E-state index contributed by atoms with van der Waals surface area (Å²) in [7, 11) is 0. The first-order chi connectivity index (χ1) is 16.8. The number of anilines is 1. The van der Waals surface area contributed by atoms with Crippen molar-refractivity contribution in [3.8, 4) is 16.9 Å². The highest BCUT2D eigenvalue weighted by Crippen LogP contribution is 2.25. The molecule has 35 heavy (non-hydrogen) atoms. The van der Waals surface area contributed by atoms with E-state index < -0.39 is 23.4 Å². The lowest BCUT2D eigenvalue weighted by Crippen LogP contribution is -2.42. The smallest absolute Gasteiger partial charge is 0.257 e. The van der Waals surface area contributed by atoms with Gasteiger partial charge in [-0.3, -0.25) is 9.59 Å². The zero-order chi connectivity index (χ0) is 24.9. The van der Waals surface area contributed by atoms with Gasteiger partial charge in [0.1, 0.15) is 24.0 Å². The fourth-order valence-corrected chi connectivity index (χ4v) is 3.61. The molecule has 1 heterocycles. The van der Waals surface area contributed by atoms with Crippen LogP contribution in [0.2, 0.25) is 0 Å². The second-order valence-electron chi connectivity index (χ2n) is 8.22. The van der Waals surface area contributed by atoms with Crippen LogP contribution in [0.15, 0.2) is 84.9 Å². The summed E-state index contributed by atoms with van der Waals surface area (Å²) in [5, 5.41) is 7.39. The van der Waals surface area contributed by atoms with E-state index in [-0.39, 0.29) is 18.2 Å². The van der Waals surface area contributed by atoms with Gasteiger partial charge in [0.2, 0.25) is 5.91 Å². The van der Waals surface area contributed by atoms with Crippen molar-refractivity contribution >= 4 is 17.6 Å². The first kappa shape index (κ1) is 23.8. The molecule has 4 aromatic rings. The second kappa shape index (κ2) is 10.3. The third kappa shape index (κ3) is 5.43. The van der Waals surface area contributed by atoms with Gasteiger partial charge in [-0.1, -0.05) is 42.5 Å². The van der Waals surface area contributed by atoms with E-state index in [0.29, 0.717) is 17.2 Å². The number of amides is 2. The monoisotopic (exact) mass is 474 g/mol. The molecular formula is C27H24F2N4O2. The normalized spacial score (nSPS) is 10.9. The van der Waals surface area contributed by atoms with Gasteiger partial charge in [-0.15, -0.1) is 0 Å². The summed E-state index contributed by atoms with van der Waals surface area (Å²) in [6.45, 7) is 3.21. The van der Waals surface area contributed by atoms with Gasteiger partial charge in [0.15, 0.2) is 0 Å². The Bertz CT molecular complexity index is 1340. The van der Waals surface area contributed by atoms with Crippen LogP contribution >= 0.6 is 0 Å². The molecule has 0 fully saturated rings. The number of benzene rings is 3. The third-order valence-corrected chi connectivity index (χ3v) is 5.42. The van der Waals surface area contributed by atoms with Crippen LogP contribution < -0.4 is 5.32 Å². The van der Waals surface area contributed by atoms with Crippen LogP contribution in [0.4, 0.5) is 14.6 Å². The van der Waals surface area contributed by atoms with Crippen LogP contribution in [0.25, 0.3) is 16.9 Å². The average Bonchev–Trinajstić information content (AvgIpc) is 3.27. The maximum Gasteiger partial charge on any atom is 0.257 e. The summed E-state index contributed by atoms with van der Waals surface area (Å²) in [5.74, 6) is -1.75. The Morgan fingerprint density at radius 1 is 0.943 bits per heavy atom. The molecule has 0 unspecified atom stereocenters.